The molecular formula is C20H25N5O3. The zero-order valence-electron chi connectivity index (χ0n) is 16.3. The Hall–Kier alpha value is -2.90. The molecule has 8 heteroatoms. The zero-order valence-corrected chi connectivity index (χ0v) is 16.3. The van der Waals surface area contributed by atoms with Crippen LogP contribution in [0.5, 0.6) is 0 Å². The molecule has 2 aromatic heterocycles. The lowest BCUT2D eigenvalue weighted by atomic mass is 9.87. The number of nitrogens with zero attached hydrogens (tertiary/aromatic N) is 4. The summed E-state index contributed by atoms with van der Waals surface area (Å²) in [5.74, 6) is 1.93. The summed E-state index contributed by atoms with van der Waals surface area (Å²) in [6.07, 6.45) is 2.84. The largest absolute Gasteiger partial charge is 0.459 e. The van der Waals surface area contributed by atoms with Gasteiger partial charge in [0, 0.05) is 39.1 Å². The molecule has 1 aliphatic carbocycles. The maximum Gasteiger partial charge on any atom is 0.289 e. The number of fused-ring (bicyclic) bond motifs is 1. The van der Waals surface area contributed by atoms with Crippen LogP contribution < -0.4 is 10.2 Å². The van der Waals surface area contributed by atoms with Crippen LogP contribution >= 0.6 is 0 Å². The normalized spacial score (nSPS) is 19.5. The number of nitrogens with one attached hydrogen (secondary N) is 1. The molecule has 148 valence electrons. The van der Waals surface area contributed by atoms with Crippen LogP contribution in [0.4, 0.5) is 11.8 Å². The molecule has 1 atom stereocenters. The van der Waals surface area contributed by atoms with E-state index in [1.54, 1.807) is 17.0 Å². The summed E-state index contributed by atoms with van der Waals surface area (Å²) in [5.41, 5.74) is 1.48. The highest BCUT2D eigenvalue weighted by atomic mass is 16.3. The molecule has 1 fully saturated rings. The third kappa shape index (κ3) is 3.46. The van der Waals surface area contributed by atoms with Gasteiger partial charge in [0.15, 0.2) is 11.5 Å². The minimum atomic E-state index is -0.0937. The first kappa shape index (κ1) is 18.5. The Morgan fingerprint density at radius 3 is 2.71 bits per heavy atom. The monoisotopic (exact) mass is 383 g/mol. The van der Waals surface area contributed by atoms with Gasteiger partial charge in [0.25, 0.3) is 5.91 Å². The lowest BCUT2D eigenvalue weighted by Crippen LogP contribution is -2.49. The molecule has 0 saturated carbocycles. The Labute approximate surface area is 163 Å². The first-order valence-corrected chi connectivity index (χ1v) is 9.82. The minimum absolute atomic E-state index is 0.0937. The average molecular weight is 383 g/mol. The quantitative estimate of drug-likeness (QED) is 0.865. The van der Waals surface area contributed by atoms with Gasteiger partial charge in [-0.2, -0.15) is 4.98 Å². The standard InChI is InChI=1S/C20H25N5O3/c1-3-21-18-17-14(11-13(2)12-15(17)26)22-20(23-18)25-8-6-24(7-9-25)19(27)16-5-4-10-28-16/h4-5,10,13H,3,6-9,11-12H2,1-2H3,(H,21,22,23)/t13-/m0/s1. The predicted octanol–water partition coefficient (Wildman–Crippen LogP) is 2.23. The van der Waals surface area contributed by atoms with E-state index >= 15 is 0 Å². The third-order valence-electron chi connectivity index (χ3n) is 5.25. The number of hydrogen-bond donors (Lipinski definition) is 1. The molecule has 1 amide bonds. The Balaban J connectivity index is 1.53. The van der Waals surface area contributed by atoms with Crippen LogP contribution in [-0.2, 0) is 6.42 Å². The highest BCUT2D eigenvalue weighted by Gasteiger charge is 2.30. The van der Waals surface area contributed by atoms with Gasteiger partial charge in [-0.3, -0.25) is 9.59 Å². The fraction of sp³-hybridized carbons (Fsp3) is 0.500. The van der Waals surface area contributed by atoms with Crippen molar-refractivity contribution in [1.82, 2.24) is 14.9 Å². The molecular weight excluding hydrogens is 358 g/mol. The fourth-order valence-corrected chi connectivity index (χ4v) is 3.86. The molecule has 0 bridgehead atoms. The summed E-state index contributed by atoms with van der Waals surface area (Å²) in [4.78, 5) is 38.2. The first-order chi connectivity index (χ1) is 13.6. The molecule has 3 heterocycles. The number of hydrogen-bond acceptors (Lipinski definition) is 7. The van der Waals surface area contributed by atoms with Crippen LogP contribution in [0.1, 0.15) is 46.9 Å². The average Bonchev–Trinajstić information content (AvgIpc) is 3.22. The number of aromatic nitrogens is 2. The second-order valence-corrected chi connectivity index (χ2v) is 7.42. The van der Waals surface area contributed by atoms with Crippen LogP contribution in [0.15, 0.2) is 22.8 Å². The maximum atomic E-state index is 12.5. The van der Waals surface area contributed by atoms with E-state index in [4.69, 9.17) is 9.40 Å². The van der Waals surface area contributed by atoms with Crippen LogP contribution in [0.2, 0.25) is 0 Å². The summed E-state index contributed by atoms with van der Waals surface area (Å²) in [7, 11) is 0. The Morgan fingerprint density at radius 2 is 2.04 bits per heavy atom. The summed E-state index contributed by atoms with van der Waals surface area (Å²) in [6.45, 7) is 7.19. The van der Waals surface area contributed by atoms with E-state index in [1.165, 1.54) is 6.26 Å². The van der Waals surface area contributed by atoms with Gasteiger partial charge in [0.05, 0.1) is 17.5 Å². The Bertz CT molecular complexity index is 855. The van der Waals surface area contributed by atoms with Gasteiger partial charge in [-0.15, -0.1) is 0 Å². The van der Waals surface area contributed by atoms with Gasteiger partial charge in [0.2, 0.25) is 5.95 Å². The van der Waals surface area contributed by atoms with Gasteiger partial charge < -0.3 is 19.5 Å². The molecule has 0 spiro atoms. The number of furan rings is 1. The van der Waals surface area contributed by atoms with Crippen molar-refractivity contribution < 1.29 is 14.0 Å². The smallest absolute Gasteiger partial charge is 0.289 e. The third-order valence-corrected chi connectivity index (χ3v) is 5.25. The molecule has 0 unspecified atom stereocenters. The van der Waals surface area contributed by atoms with Crippen molar-refractivity contribution in [2.24, 2.45) is 5.92 Å². The van der Waals surface area contributed by atoms with Crippen molar-refractivity contribution in [2.75, 3.05) is 42.9 Å². The van der Waals surface area contributed by atoms with Crippen molar-refractivity contribution in [3.8, 4) is 0 Å². The van der Waals surface area contributed by atoms with Gasteiger partial charge >= 0.3 is 0 Å². The molecule has 1 saturated heterocycles. The number of anilines is 2. The van der Waals surface area contributed by atoms with Gasteiger partial charge in [-0.1, -0.05) is 6.92 Å². The SMILES string of the molecule is CCNc1nc(N2CCN(C(=O)c3ccco3)CC2)nc2c1C(=O)C[C@@H](C)C2. The summed E-state index contributed by atoms with van der Waals surface area (Å²) < 4.78 is 5.22. The van der Waals surface area contributed by atoms with Crippen LogP contribution in [0, 0.1) is 5.92 Å². The number of piperazine rings is 1. The zero-order chi connectivity index (χ0) is 19.7. The van der Waals surface area contributed by atoms with E-state index in [9.17, 15) is 9.59 Å². The molecule has 0 radical (unpaired) electrons. The van der Waals surface area contributed by atoms with Crippen molar-refractivity contribution >= 4 is 23.5 Å². The molecule has 4 rings (SSSR count). The molecule has 28 heavy (non-hydrogen) atoms. The van der Waals surface area contributed by atoms with E-state index in [2.05, 4.69) is 22.1 Å². The lowest BCUT2D eigenvalue weighted by molar-refractivity contribution is 0.0713. The van der Waals surface area contributed by atoms with Crippen molar-refractivity contribution in [2.45, 2.75) is 26.7 Å². The Kier molecular flexibility index (Phi) is 5.02. The fourth-order valence-electron chi connectivity index (χ4n) is 3.86. The molecule has 2 aliphatic rings. The number of amides is 1. The first-order valence-electron chi connectivity index (χ1n) is 9.82. The molecule has 1 N–H and O–H groups in total. The molecule has 0 aromatic carbocycles. The van der Waals surface area contributed by atoms with Crippen LogP contribution in [0.3, 0.4) is 0 Å². The minimum Gasteiger partial charge on any atom is -0.459 e. The lowest BCUT2D eigenvalue weighted by Gasteiger charge is -2.35. The molecule has 1 aliphatic heterocycles. The number of Topliss-reactive ketones (excluding diaryl/α,β-unsaturated/α-hetero) is 1. The van der Waals surface area contributed by atoms with Crippen LogP contribution in [0.25, 0.3) is 0 Å². The topological polar surface area (TPSA) is 91.6 Å². The van der Waals surface area contributed by atoms with Gasteiger partial charge in [-0.25, -0.2) is 4.98 Å². The second kappa shape index (κ2) is 7.61. The number of ketones is 1. The van der Waals surface area contributed by atoms with Crippen molar-refractivity contribution in [3.63, 3.8) is 0 Å². The van der Waals surface area contributed by atoms with E-state index in [1.807, 2.05) is 6.92 Å². The van der Waals surface area contributed by atoms with E-state index < -0.39 is 0 Å². The number of carbonyl (C=O) groups is 2. The van der Waals surface area contributed by atoms with Crippen molar-refractivity contribution in [3.05, 3.63) is 35.4 Å². The molecule has 2 aromatic rings. The highest BCUT2D eigenvalue weighted by molar-refractivity contribution is 6.02. The van der Waals surface area contributed by atoms with Crippen molar-refractivity contribution in [1.29, 1.82) is 0 Å². The predicted molar refractivity (Wildman–Crippen MR) is 105 cm³/mol. The van der Waals surface area contributed by atoms with E-state index in [0.717, 1.165) is 12.1 Å². The van der Waals surface area contributed by atoms with E-state index in [0.29, 0.717) is 68.2 Å². The van der Waals surface area contributed by atoms with Crippen LogP contribution in [-0.4, -0.2) is 59.3 Å². The van der Waals surface area contributed by atoms with E-state index in [-0.39, 0.29) is 11.7 Å². The maximum absolute atomic E-state index is 12.5. The summed E-state index contributed by atoms with van der Waals surface area (Å²) >= 11 is 0. The summed E-state index contributed by atoms with van der Waals surface area (Å²) in [6, 6.07) is 3.40. The highest BCUT2D eigenvalue weighted by Crippen LogP contribution is 2.30. The number of rotatable bonds is 4. The Morgan fingerprint density at radius 1 is 1.25 bits per heavy atom. The number of carbonyl (C=O) groups excluding carboxylic acids is 2. The van der Waals surface area contributed by atoms with Gasteiger partial charge in [-0.05, 0) is 31.4 Å². The second-order valence-electron chi connectivity index (χ2n) is 7.42. The summed E-state index contributed by atoms with van der Waals surface area (Å²) in [5, 5.41) is 3.23. The molecule has 8 nitrogen and oxygen atoms in total. The van der Waals surface area contributed by atoms with Gasteiger partial charge in [0.1, 0.15) is 5.82 Å².